The predicted octanol–water partition coefficient (Wildman–Crippen LogP) is 3.61. The van der Waals surface area contributed by atoms with Crippen molar-refractivity contribution in [3.05, 3.63) is 58.1 Å². The largest absolute Gasteiger partial charge is 0.496 e. The number of rotatable bonds is 6. The molecule has 0 aliphatic carbocycles. The minimum absolute atomic E-state index is 0.107. The number of oxazole rings is 1. The zero-order valence-electron chi connectivity index (χ0n) is 16.8. The summed E-state index contributed by atoms with van der Waals surface area (Å²) >= 11 is 1.60. The Morgan fingerprint density at radius 1 is 1.21 bits per heavy atom. The summed E-state index contributed by atoms with van der Waals surface area (Å²) in [6.07, 6.45) is 0.284. The first-order valence-corrected chi connectivity index (χ1v) is 10.7. The fourth-order valence-corrected chi connectivity index (χ4v) is 4.22. The van der Waals surface area contributed by atoms with Crippen LogP contribution < -0.4 is 4.74 Å². The van der Waals surface area contributed by atoms with Gasteiger partial charge in [-0.05, 0) is 24.4 Å². The zero-order chi connectivity index (χ0) is 20.2. The smallest absolute Gasteiger partial charge is 0.228 e. The zero-order valence-corrected chi connectivity index (χ0v) is 17.6. The summed E-state index contributed by atoms with van der Waals surface area (Å²) in [5.74, 6) is 2.33. The average Bonchev–Trinajstić information content (AvgIpc) is 3.39. The molecule has 7 heteroatoms. The molecule has 3 aromatic rings. The van der Waals surface area contributed by atoms with E-state index in [1.165, 1.54) is 5.56 Å². The van der Waals surface area contributed by atoms with E-state index in [0.717, 1.165) is 49.7 Å². The van der Waals surface area contributed by atoms with Gasteiger partial charge in [0.25, 0.3) is 0 Å². The lowest BCUT2D eigenvalue weighted by Crippen LogP contribution is -2.48. The van der Waals surface area contributed by atoms with Crippen LogP contribution in [0.3, 0.4) is 0 Å². The standard InChI is InChI=1S/C22H25N3O3S/c1-16-19(23-22(28-16)18-7-12-29-15-18)13-21(26)25-10-8-24(9-11-25)14-17-5-3-4-6-20(17)27-2/h3-7,12,15H,8-11,13-14H2,1-2H3. The van der Waals surface area contributed by atoms with Gasteiger partial charge in [0.1, 0.15) is 11.5 Å². The summed E-state index contributed by atoms with van der Waals surface area (Å²) in [4.78, 5) is 21.6. The quantitative estimate of drug-likeness (QED) is 0.620. The van der Waals surface area contributed by atoms with Crippen LogP contribution in [0, 0.1) is 6.92 Å². The number of benzene rings is 1. The Kier molecular flexibility index (Phi) is 5.97. The molecule has 0 spiro atoms. The van der Waals surface area contributed by atoms with Gasteiger partial charge in [0, 0.05) is 49.2 Å². The Hall–Kier alpha value is -2.64. The Labute approximate surface area is 174 Å². The van der Waals surface area contributed by atoms with Gasteiger partial charge in [-0.2, -0.15) is 11.3 Å². The highest BCUT2D eigenvalue weighted by molar-refractivity contribution is 7.08. The second kappa shape index (κ2) is 8.80. The van der Waals surface area contributed by atoms with Crippen LogP contribution in [0.4, 0.5) is 0 Å². The van der Waals surface area contributed by atoms with Gasteiger partial charge in [-0.1, -0.05) is 18.2 Å². The number of carbonyl (C=O) groups is 1. The van der Waals surface area contributed by atoms with Gasteiger partial charge in [-0.15, -0.1) is 0 Å². The third-order valence-corrected chi connectivity index (χ3v) is 5.97. The first-order chi connectivity index (χ1) is 14.1. The Bertz CT molecular complexity index is 960. The molecule has 152 valence electrons. The van der Waals surface area contributed by atoms with Crippen LogP contribution in [0.5, 0.6) is 5.75 Å². The van der Waals surface area contributed by atoms with Crippen LogP contribution in [-0.2, 0) is 17.8 Å². The normalized spacial score (nSPS) is 14.9. The topological polar surface area (TPSA) is 58.8 Å². The summed E-state index contributed by atoms with van der Waals surface area (Å²) < 4.78 is 11.2. The van der Waals surface area contributed by atoms with E-state index in [1.54, 1.807) is 18.4 Å². The fraction of sp³-hybridized carbons (Fsp3) is 0.364. The lowest BCUT2D eigenvalue weighted by atomic mass is 10.1. The van der Waals surface area contributed by atoms with E-state index < -0.39 is 0 Å². The lowest BCUT2D eigenvalue weighted by Gasteiger charge is -2.35. The van der Waals surface area contributed by atoms with E-state index >= 15 is 0 Å². The van der Waals surface area contributed by atoms with Crippen molar-refractivity contribution in [2.24, 2.45) is 0 Å². The van der Waals surface area contributed by atoms with Crippen LogP contribution in [0.2, 0.25) is 0 Å². The van der Waals surface area contributed by atoms with Crippen molar-refractivity contribution in [1.82, 2.24) is 14.8 Å². The number of nitrogens with zero attached hydrogens (tertiary/aromatic N) is 3. The molecule has 0 atom stereocenters. The van der Waals surface area contributed by atoms with Gasteiger partial charge in [0.15, 0.2) is 0 Å². The van der Waals surface area contributed by atoms with E-state index in [1.807, 2.05) is 46.8 Å². The molecule has 0 unspecified atom stereocenters. The minimum atomic E-state index is 0.107. The maximum Gasteiger partial charge on any atom is 0.228 e. The summed E-state index contributed by atoms with van der Waals surface area (Å²) in [7, 11) is 1.70. The highest BCUT2D eigenvalue weighted by atomic mass is 32.1. The van der Waals surface area contributed by atoms with Crippen LogP contribution in [0.1, 0.15) is 17.0 Å². The van der Waals surface area contributed by atoms with E-state index in [-0.39, 0.29) is 12.3 Å². The molecule has 1 fully saturated rings. The summed E-state index contributed by atoms with van der Waals surface area (Å²) in [6, 6.07) is 10.1. The number of hydrogen-bond donors (Lipinski definition) is 0. The van der Waals surface area contributed by atoms with Gasteiger partial charge in [-0.3, -0.25) is 9.69 Å². The molecule has 0 radical (unpaired) electrons. The van der Waals surface area contributed by atoms with Crippen molar-refractivity contribution in [2.45, 2.75) is 19.9 Å². The summed E-state index contributed by atoms with van der Waals surface area (Å²) in [6.45, 7) is 5.85. The molecule has 1 amide bonds. The monoisotopic (exact) mass is 411 g/mol. The molecule has 1 aliphatic heterocycles. The van der Waals surface area contributed by atoms with E-state index in [4.69, 9.17) is 9.15 Å². The maximum atomic E-state index is 12.8. The number of aryl methyl sites for hydroxylation is 1. The van der Waals surface area contributed by atoms with E-state index in [0.29, 0.717) is 11.7 Å². The first kappa shape index (κ1) is 19.7. The molecule has 4 rings (SSSR count). The van der Waals surface area contributed by atoms with Gasteiger partial charge in [0.05, 0.1) is 19.2 Å². The summed E-state index contributed by atoms with van der Waals surface area (Å²) in [5.41, 5.74) is 2.86. The summed E-state index contributed by atoms with van der Waals surface area (Å²) in [5, 5.41) is 3.99. The number of hydrogen-bond acceptors (Lipinski definition) is 6. The molecule has 2 aromatic heterocycles. The van der Waals surface area contributed by atoms with Crippen LogP contribution in [0.25, 0.3) is 11.5 Å². The minimum Gasteiger partial charge on any atom is -0.496 e. The molecule has 29 heavy (non-hydrogen) atoms. The number of aromatic nitrogens is 1. The Morgan fingerprint density at radius 3 is 2.72 bits per heavy atom. The second-order valence-electron chi connectivity index (χ2n) is 7.18. The molecule has 1 aliphatic rings. The number of thiophene rings is 1. The van der Waals surface area contributed by atoms with Gasteiger partial charge in [0.2, 0.25) is 11.8 Å². The average molecular weight is 412 g/mol. The molecule has 1 saturated heterocycles. The highest BCUT2D eigenvalue weighted by Gasteiger charge is 2.24. The van der Waals surface area contributed by atoms with Gasteiger partial charge in [-0.25, -0.2) is 4.98 Å². The fourth-order valence-electron chi connectivity index (χ4n) is 3.59. The number of methoxy groups -OCH3 is 1. The second-order valence-corrected chi connectivity index (χ2v) is 7.96. The van der Waals surface area contributed by atoms with Crippen molar-refractivity contribution in [3.63, 3.8) is 0 Å². The van der Waals surface area contributed by atoms with Crippen LogP contribution in [0.15, 0.2) is 45.5 Å². The van der Waals surface area contributed by atoms with Crippen LogP contribution in [-0.4, -0.2) is 54.0 Å². The molecule has 0 bridgehead atoms. The number of para-hydroxylation sites is 1. The van der Waals surface area contributed by atoms with Gasteiger partial charge < -0.3 is 14.1 Å². The van der Waals surface area contributed by atoms with E-state index in [9.17, 15) is 4.79 Å². The van der Waals surface area contributed by atoms with Crippen molar-refractivity contribution < 1.29 is 13.9 Å². The van der Waals surface area contributed by atoms with Crippen LogP contribution >= 0.6 is 11.3 Å². The van der Waals surface area contributed by atoms with Crippen molar-refractivity contribution in [1.29, 1.82) is 0 Å². The van der Waals surface area contributed by atoms with E-state index in [2.05, 4.69) is 16.0 Å². The Balaban J connectivity index is 1.33. The third kappa shape index (κ3) is 4.52. The predicted molar refractivity (Wildman–Crippen MR) is 113 cm³/mol. The highest BCUT2D eigenvalue weighted by Crippen LogP contribution is 2.24. The molecular formula is C22H25N3O3S. The van der Waals surface area contributed by atoms with Gasteiger partial charge >= 0.3 is 0 Å². The molecular weight excluding hydrogens is 386 g/mol. The molecule has 3 heterocycles. The number of piperazine rings is 1. The number of amides is 1. The van der Waals surface area contributed by atoms with Crippen molar-refractivity contribution in [3.8, 4) is 17.2 Å². The molecule has 6 nitrogen and oxygen atoms in total. The molecule has 0 N–H and O–H groups in total. The maximum absolute atomic E-state index is 12.8. The Morgan fingerprint density at radius 2 is 2.00 bits per heavy atom. The SMILES string of the molecule is COc1ccccc1CN1CCN(C(=O)Cc2nc(-c3ccsc3)oc2C)CC1. The van der Waals surface area contributed by atoms with Crippen molar-refractivity contribution in [2.75, 3.05) is 33.3 Å². The molecule has 1 aromatic carbocycles. The lowest BCUT2D eigenvalue weighted by molar-refractivity contribution is -0.132. The third-order valence-electron chi connectivity index (χ3n) is 5.29. The molecule has 0 saturated carbocycles. The number of carbonyl (C=O) groups excluding carboxylic acids is 1. The van der Waals surface area contributed by atoms with Crippen molar-refractivity contribution >= 4 is 17.2 Å². The number of ether oxygens (including phenoxy) is 1. The first-order valence-electron chi connectivity index (χ1n) is 9.75.